The summed E-state index contributed by atoms with van der Waals surface area (Å²) in [4.78, 5) is 43.4. The Labute approximate surface area is 190 Å². The summed E-state index contributed by atoms with van der Waals surface area (Å²) in [6.45, 7) is 0.907. The lowest BCUT2D eigenvalue weighted by Gasteiger charge is -2.34. The Balaban J connectivity index is 1.45. The molecule has 1 saturated heterocycles. The Morgan fingerprint density at radius 2 is 1.76 bits per heavy atom. The molecule has 178 valence electrons. The standard InChI is InChI=1S/C21H19F3N6O4/c22-21(23,24)14-5-1-2-6-15(14)25-17(31)13-27-9-11-28(12-10-27)19-18(30(33)34)20(32)29-8-4-3-7-16(29)26-19/h1-8H,9-13H2,(H,25,31). The monoisotopic (exact) mass is 476 g/mol. The molecule has 13 heteroatoms. The number of piperazine rings is 1. The zero-order valence-corrected chi connectivity index (χ0v) is 17.7. The fourth-order valence-corrected chi connectivity index (χ4v) is 3.80. The molecule has 1 fully saturated rings. The van der Waals surface area contributed by atoms with Gasteiger partial charge in [-0.25, -0.2) is 4.98 Å². The molecule has 3 heterocycles. The number of nitro groups is 1. The van der Waals surface area contributed by atoms with Gasteiger partial charge in [0.15, 0.2) is 0 Å². The number of hydrogen-bond donors (Lipinski definition) is 1. The molecule has 0 aliphatic carbocycles. The molecule has 0 radical (unpaired) electrons. The first kappa shape index (κ1) is 23.2. The maximum atomic E-state index is 13.1. The van der Waals surface area contributed by atoms with Crippen molar-refractivity contribution in [3.05, 3.63) is 74.7 Å². The van der Waals surface area contributed by atoms with Gasteiger partial charge in [0.2, 0.25) is 11.7 Å². The summed E-state index contributed by atoms with van der Waals surface area (Å²) in [5, 5.41) is 13.9. The summed E-state index contributed by atoms with van der Waals surface area (Å²) in [5.41, 5.74) is -2.43. The van der Waals surface area contributed by atoms with Crippen LogP contribution >= 0.6 is 0 Å². The van der Waals surface area contributed by atoms with E-state index in [9.17, 15) is 32.9 Å². The van der Waals surface area contributed by atoms with Crippen molar-refractivity contribution in [1.82, 2.24) is 14.3 Å². The zero-order valence-electron chi connectivity index (χ0n) is 17.7. The Morgan fingerprint density at radius 1 is 1.09 bits per heavy atom. The highest BCUT2D eigenvalue weighted by Gasteiger charge is 2.34. The fraction of sp³-hybridized carbons (Fsp3) is 0.286. The van der Waals surface area contributed by atoms with Crippen LogP contribution in [-0.4, -0.2) is 57.8 Å². The number of amides is 1. The number of pyridine rings is 1. The van der Waals surface area contributed by atoms with Crippen LogP contribution in [0.25, 0.3) is 5.65 Å². The van der Waals surface area contributed by atoms with E-state index in [4.69, 9.17) is 0 Å². The Morgan fingerprint density at radius 3 is 2.44 bits per heavy atom. The van der Waals surface area contributed by atoms with Crippen LogP contribution < -0.4 is 15.8 Å². The third kappa shape index (κ3) is 4.69. The number of nitrogens with one attached hydrogen (secondary N) is 1. The van der Waals surface area contributed by atoms with Crippen LogP contribution in [0.4, 0.5) is 30.4 Å². The predicted molar refractivity (Wildman–Crippen MR) is 117 cm³/mol. The molecule has 0 atom stereocenters. The molecular weight excluding hydrogens is 457 g/mol. The molecule has 10 nitrogen and oxygen atoms in total. The molecule has 0 spiro atoms. The zero-order chi connectivity index (χ0) is 24.5. The van der Waals surface area contributed by atoms with Gasteiger partial charge in [-0.1, -0.05) is 18.2 Å². The number of rotatable bonds is 5. The van der Waals surface area contributed by atoms with Crippen molar-refractivity contribution >= 4 is 28.7 Å². The number of halogens is 3. The van der Waals surface area contributed by atoms with Crippen molar-refractivity contribution in [2.45, 2.75) is 6.18 Å². The topological polar surface area (TPSA) is 113 Å². The molecular formula is C21H19F3N6O4. The highest BCUT2D eigenvalue weighted by atomic mass is 19.4. The minimum Gasteiger partial charge on any atom is -0.348 e. The largest absolute Gasteiger partial charge is 0.418 e. The summed E-state index contributed by atoms with van der Waals surface area (Å²) < 4.78 is 40.5. The molecule has 1 N–H and O–H groups in total. The van der Waals surface area contributed by atoms with Crippen LogP contribution in [0.5, 0.6) is 0 Å². The van der Waals surface area contributed by atoms with Crippen LogP contribution in [0.3, 0.4) is 0 Å². The van der Waals surface area contributed by atoms with Gasteiger partial charge in [-0.05, 0) is 24.3 Å². The second kappa shape index (κ2) is 9.09. The maximum absolute atomic E-state index is 13.1. The number of para-hydroxylation sites is 1. The third-order valence-corrected chi connectivity index (χ3v) is 5.42. The van der Waals surface area contributed by atoms with E-state index >= 15 is 0 Å². The van der Waals surface area contributed by atoms with Gasteiger partial charge < -0.3 is 10.2 Å². The average molecular weight is 476 g/mol. The van der Waals surface area contributed by atoms with E-state index in [-0.39, 0.29) is 36.8 Å². The van der Waals surface area contributed by atoms with Gasteiger partial charge in [-0.2, -0.15) is 13.2 Å². The van der Waals surface area contributed by atoms with E-state index in [1.807, 2.05) is 0 Å². The van der Waals surface area contributed by atoms with E-state index in [2.05, 4.69) is 10.3 Å². The first-order valence-corrected chi connectivity index (χ1v) is 10.2. The maximum Gasteiger partial charge on any atom is 0.418 e. The Hall–Kier alpha value is -4.00. The number of aromatic nitrogens is 2. The minimum atomic E-state index is -4.60. The molecule has 1 aliphatic rings. The van der Waals surface area contributed by atoms with E-state index in [0.29, 0.717) is 13.1 Å². The van der Waals surface area contributed by atoms with E-state index in [0.717, 1.165) is 10.5 Å². The lowest BCUT2D eigenvalue weighted by Crippen LogP contribution is -2.49. The number of carbonyl (C=O) groups is 1. The number of carbonyl (C=O) groups excluding carboxylic acids is 1. The lowest BCUT2D eigenvalue weighted by atomic mass is 10.1. The van der Waals surface area contributed by atoms with Crippen molar-refractivity contribution in [2.75, 3.05) is 42.9 Å². The first-order chi connectivity index (χ1) is 16.1. The van der Waals surface area contributed by atoms with Crippen LogP contribution in [0.1, 0.15) is 5.56 Å². The number of anilines is 2. The molecule has 1 aromatic carbocycles. The van der Waals surface area contributed by atoms with Gasteiger partial charge in [0.05, 0.1) is 22.7 Å². The van der Waals surface area contributed by atoms with E-state index in [1.54, 1.807) is 28.0 Å². The molecule has 1 amide bonds. The predicted octanol–water partition coefficient (Wildman–Crippen LogP) is 2.38. The number of benzene rings is 1. The molecule has 0 saturated carbocycles. The van der Waals surface area contributed by atoms with Gasteiger partial charge >= 0.3 is 17.4 Å². The van der Waals surface area contributed by atoms with E-state index < -0.39 is 33.8 Å². The molecule has 1 aliphatic heterocycles. The lowest BCUT2D eigenvalue weighted by molar-refractivity contribution is -0.385. The number of fused-ring (bicyclic) bond motifs is 1. The van der Waals surface area contributed by atoms with Gasteiger partial charge in [-0.3, -0.25) is 29.0 Å². The molecule has 0 unspecified atom stereocenters. The van der Waals surface area contributed by atoms with Crippen molar-refractivity contribution in [2.24, 2.45) is 0 Å². The number of hydrogen-bond acceptors (Lipinski definition) is 7. The molecule has 0 bridgehead atoms. The van der Waals surface area contributed by atoms with Gasteiger partial charge in [-0.15, -0.1) is 0 Å². The Kier molecular flexibility index (Phi) is 6.20. The third-order valence-electron chi connectivity index (χ3n) is 5.42. The van der Waals surface area contributed by atoms with E-state index in [1.165, 1.54) is 24.4 Å². The summed E-state index contributed by atoms with van der Waals surface area (Å²) in [7, 11) is 0. The molecule has 2 aromatic heterocycles. The van der Waals surface area contributed by atoms with Crippen molar-refractivity contribution in [3.8, 4) is 0 Å². The van der Waals surface area contributed by atoms with Gasteiger partial charge in [0.25, 0.3) is 0 Å². The van der Waals surface area contributed by atoms with Crippen LogP contribution in [0.2, 0.25) is 0 Å². The highest BCUT2D eigenvalue weighted by molar-refractivity contribution is 5.93. The second-order valence-corrected chi connectivity index (χ2v) is 7.63. The summed E-state index contributed by atoms with van der Waals surface area (Å²) >= 11 is 0. The average Bonchev–Trinajstić information content (AvgIpc) is 2.79. The fourth-order valence-electron chi connectivity index (χ4n) is 3.80. The van der Waals surface area contributed by atoms with Crippen molar-refractivity contribution < 1.29 is 22.9 Å². The summed E-state index contributed by atoms with van der Waals surface area (Å²) in [6.07, 6.45) is -3.20. The Bertz CT molecular complexity index is 1300. The normalized spacial score (nSPS) is 14.9. The number of alkyl halides is 3. The smallest absolute Gasteiger partial charge is 0.348 e. The van der Waals surface area contributed by atoms with Crippen molar-refractivity contribution in [1.29, 1.82) is 0 Å². The number of nitrogens with zero attached hydrogens (tertiary/aromatic N) is 5. The highest BCUT2D eigenvalue weighted by Crippen LogP contribution is 2.34. The SMILES string of the molecule is O=C(CN1CCN(c2nc3ccccn3c(=O)c2[N+](=O)[O-])CC1)Nc1ccccc1C(F)(F)F. The van der Waals surface area contributed by atoms with Crippen molar-refractivity contribution in [3.63, 3.8) is 0 Å². The molecule has 3 aromatic rings. The van der Waals surface area contributed by atoms with Crippen LogP contribution in [0.15, 0.2) is 53.5 Å². The van der Waals surface area contributed by atoms with Crippen LogP contribution in [0, 0.1) is 10.1 Å². The quantitative estimate of drug-likeness (QED) is 0.444. The summed E-state index contributed by atoms with van der Waals surface area (Å²) in [5.74, 6) is -0.664. The molecule has 4 rings (SSSR count). The van der Waals surface area contributed by atoms with Gasteiger partial charge in [0, 0.05) is 32.4 Å². The minimum absolute atomic E-state index is 0.0515. The molecule has 34 heavy (non-hydrogen) atoms. The summed E-state index contributed by atoms with van der Waals surface area (Å²) in [6, 6.07) is 9.50. The first-order valence-electron chi connectivity index (χ1n) is 10.2. The van der Waals surface area contributed by atoms with Crippen LogP contribution in [-0.2, 0) is 11.0 Å². The second-order valence-electron chi connectivity index (χ2n) is 7.63. The van der Waals surface area contributed by atoms with Gasteiger partial charge in [0.1, 0.15) is 5.65 Å².